The smallest absolute Gasteiger partial charge is 0.267 e. The van der Waals surface area contributed by atoms with E-state index in [9.17, 15) is 13.2 Å². The first-order chi connectivity index (χ1) is 9.85. The molecule has 3 N–H and O–H groups in total. The van der Waals surface area contributed by atoms with Crippen molar-refractivity contribution < 1.29 is 13.2 Å². The first-order valence-electron chi connectivity index (χ1n) is 6.11. The Labute approximate surface area is 121 Å². The number of carbonyl (C=O) groups is 1. The topological polar surface area (TPSA) is 122 Å². The zero-order valence-corrected chi connectivity index (χ0v) is 12.6. The summed E-state index contributed by atoms with van der Waals surface area (Å²) < 4.78 is 28.5. The van der Waals surface area contributed by atoms with E-state index in [2.05, 4.69) is 25.2 Å². The molecule has 9 nitrogen and oxygen atoms in total. The zero-order chi connectivity index (χ0) is 15.6. The van der Waals surface area contributed by atoms with Gasteiger partial charge in [-0.2, -0.15) is 5.10 Å². The van der Waals surface area contributed by atoms with Gasteiger partial charge in [0.2, 0.25) is 10.0 Å². The van der Waals surface area contributed by atoms with Crippen LogP contribution in [0.3, 0.4) is 0 Å². The van der Waals surface area contributed by atoms with Crippen LogP contribution < -0.4 is 10.0 Å². The lowest BCUT2D eigenvalue weighted by atomic mass is 10.3. The first kappa shape index (κ1) is 15.2. The average molecular weight is 312 g/mol. The van der Waals surface area contributed by atoms with Crippen molar-refractivity contribution >= 4 is 15.9 Å². The third-order valence-corrected chi connectivity index (χ3v) is 4.43. The maximum absolute atomic E-state index is 12.3. The molecule has 21 heavy (non-hydrogen) atoms. The van der Waals surface area contributed by atoms with E-state index in [1.807, 2.05) is 0 Å². The van der Waals surface area contributed by atoms with Crippen molar-refractivity contribution in [3.63, 3.8) is 0 Å². The SMILES string of the molecule is CNC(=O)c1cc(S(=O)(=O)NC(C)c2ncn[nH]2)cn1C. The maximum Gasteiger partial charge on any atom is 0.267 e. The Kier molecular flexibility index (Phi) is 4.09. The van der Waals surface area contributed by atoms with Crippen LogP contribution in [-0.2, 0) is 17.1 Å². The fraction of sp³-hybridized carbons (Fsp3) is 0.364. The van der Waals surface area contributed by atoms with Crippen molar-refractivity contribution in [3.8, 4) is 0 Å². The second-order valence-corrected chi connectivity index (χ2v) is 6.18. The molecule has 0 spiro atoms. The van der Waals surface area contributed by atoms with Crippen LogP contribution in [0.15, 0.2) is 23.5 Å². The number of H-pyrrole nitrogens is 1. The summed E-state index contributed by atoms with van der Waals surface area (Å²) in [5, 5.41) is 8.72. The standard InChI is InChI=1S/C11H16N6O3S/c1-7(10-13-6-14-15-10)16-21(19,20)8-4-9(11(18)12-2)17(3)5-8/h4-7,16H,1-3H3,(H,12,18)(H,13,14,15). The van der Waals surface area contributed by atoms with Gasteiger partial charge in [-0.3, -0.25) is 9.89 Å². The maximum atomic E-state index is 12.3. The Balaban J connectivity index is 2.26. The number of hydrogen-bond donors (Lipinski definition) is 3. The van der Waals surface area contributed by atoms with E-state index in [0.717, 1.165) is 0 Å². The highest BCUT2D eigenvalue weighted by molar-refractivity contribution is 7.89. The predicted octanol–water partition coefficient (Wildman–Crippen LogP) is -0.458. The number of sulfonamides is 1. The molecule has 2 heterocycles. The predicted molar refractivity (Wildman–Crippen MR) is 73.9 cm³/mol. The quantitative estimate of drug-likeness (QED) is 0.690. The lowest BCUT2D eigenvalue weighted by Gasteiger charge is -2.10. The highest BCUT2D eigenvalue weighted by Gasteiger charge is 2.23. The molecule has 1 unspecified atom stereocenters. The molecule has 0 aliphatic rings. The van der Waals surface area contributed by atoms with Crippen molar-refractivity contribution in [2.45, 2.75) is 17.9 Å². The number of carbonyl (C=O) groups excluding carboxylic acids is 1. The molecule has 0 saturated heterocycles. The van der Waals surface area contributed by atoms with Gasteiger partial charge in [0, 0.05) is 20.3 Å². The monoisotopic (exact) mass is 312 g/mol. The summed E-state index contributed by atoms with van der Waals surface area (Å²) in [5.41, 5.74) is 0.255. The van der Waals surface area contributed by atoms with E-state index in [-0.39, 0.29) is 16.5 Å². The Hall–Kier alpha value is -2.20. The van der Waals surface area contributed by atoms with Crippen LogP contribution in [0.25, 0.3) is 0 Å². The minimum atomic E-state index is -3.77. The van der Waals surface area contributed by atoms with Gasteiger partial charge in [0.25, 0.3) is 5.91 Å². The lowest BCUT2D eigenvalue weighted by molar-refractivity contribution is 0.0955. The molecule has 0 aromatic carbocycles. The highest BCUT2D eigenvalue weighted by atomic mass is 32.2. The summed E-state index contributed by atoms with van der Waals surface area (Å²) in [5.74, 6) is 0.0447. The molecule has 0 saturated carbocycles. The van der Waals surface area contributed by atoms with Crippen molar-refractivity contribution in [1.82, 2.24) is 29.8 Å². The summed E-state index contributed by atoms with van der Waals surface area (Å²) in [6.45, 7) is 1.64. The highest BCUT2D eigenvalue weighted by Crippen LogP contribution is 2.16. The largest absolute Gasteiger partial charge is 0.354 e. The van der Waals surface area contributed by atoms with Gasteiger partial charge in [-0.05, 0) is 13.0 Å². The van der Waals surface area contributed by atoms with E-state index in [4.69, 9.17) is 0 Å². The van der Waals surface area contributed by atoms with Crippen LogP contribution in [0.2, 0.25) is 0 Å². The molecular weight excluding hydrogens is 296 g/mol. The van der Waals surface area contributed by atoms with Crippen molar-refractivity contribution in [2.75, 3.05) is 7.05 Å². The molecule has 1 atom stereocenters. The second-order valence-electron chi connectivity index (χ2n) is 4.46. The molecule has 0 bridgehead atoms. The molecule has 10 heteroatoms. The summed E-state index contributed by atoms with van der Waals surface area (Å²) in [7, 11) is -0.687. The molecule has 0 radical (unpaired) electrons. The molecule has 0 fully saturated rings. The number of aromatic nitrogens is 4. The van der Waals surface area contributed by atoms with Gasteiger partial charge in [0.05, 0.1) is 6.04 Å². The number of aromatic amines is 1. The van der Waals surface area contributed by atoms with Crippen LogP contribution in [0.5, 0.6) is 0 Å². The number of nitrogens with zero attached hydrogens (tertiary/aromatic N) is 3. The summed E-state index contributed by atoms with van der Waals surface area (Å²) in [6.07, 6.45) is 2.67. The van der Waals surface area contributed by atoms with Gasteiger partial charge in [-0.1, -0.05) is 0 Å². The Bertz CT molecular complexity index is 734. The zero-order valence-electron chi connectivity index (χ0n) is 11.8. The summed E-state index contributed by atoms with van der Waals surface area (Å²) in [6, 6.07) is 0.745. The molecular formula is C11H16N6O3S. The third kappa shape index (κ3) is 3.11. The molecule has 0 aliphatic carbocycles. The van der Waals surface area contributed by atoms with Crippen molar-refractivity contribution in [3.05, 3.63) is 30.1 Å². The van der Waals surface area contributed by atoms with Gasteiger partial charge in [0.15, 0.2) is 0 Å². The Morgan fingerprint density at radius 1 is 1.48 bits per heavy atom. The number of hydrogen-bond acceptors (Lipinski definition) is 5. The average Bonchev–Trinajstić information content (AvgIpc) is 3.06. The minimum Gasteiger partial charge on any atom is -0.354 e. The van der Waals surface area contributed by atoms with E-state index >= 15 is 0 Å². The Morgan fingerprint density at radius 2 is 2.19 bits per heavy atom. The van der Waals surface area contributed by atoms with Crippen molar-refractivity contribution in [1.29, 1.82) is 0 Å². The first-order valence-corrected chi connectivity index (χ1v) is 7.59. The van der Waals surface area contributed by atoms with E-state index in [1.165, 1.54) is 30.2 Å². The molecule has 2 aromatic heterocycles. The van der Waals surface area contributed by atoms with Gasteiger partial charge < -0.3 is 9.88 Å². The van der Waals surface area contributed by atoms with Crippen LogP contribution in [0, 0.1) is 0 Å². The number of nitrogens with one attached hydrogen (secondary N) is 3. The summed E-state index contributed by atoms with van der Waals surface area (Å²) >= 11 is 0. The fourth-order valence-corrected chi connectivity index (χ4v) is 3.09. The normalized spacial score (nSPS) is 13.1. The van der Waals surface area contributed by atoms with Crippen LogP contribution in [0.4, 0.5) is 0 Å². The van der Waals surface area contributed by atoms with Gasteiger partial charge in [-0.15, -0.1) is 0 Å². The molecule has 0 aliphatic heterocycles. The molecule has 2 aromatic rings. The lowest BCUT2D eigenvalue weighted by Crippen LogP contribution is -2.27. The van der Waals surface area contributed by atoms with Crippen LogP contribution in [-0.4, -0.2) is 41.1 Å². The van der Waals surface area contributed by atoms with Gasteiger partial charge in [-0.25, -0.2) is 18.1 Å². The second kappa shape index (κ2) is 5.66. The minimum absolute atomic E-state index is 0.00923. The van der Waals surface area contributed by atoms with Gasteiger partial charge >= 0.3 is 0 Å². The van der Waals surface area contributed by atoms with E-state index in [0.29, 0.717) is 5.82 Å². The molecule has 1 amide bonds. The summed E-state index contributed by atoms with van der Waals surface area (Å²) in [4.78, 5) is 15.5. The Morgan fingerprint density at radius 3 is 2.76 bits per heavy atom. The fourth-order valence-electron chi connectivity index (χ4n) is 1.82. The van der Waals surface area contributed by atoms with Crippen LogP contribution >= 0.6 is 0 Å². The van der Waals surface area contributed by atoms with Gasteiger partial charge in [0.1, 0.15) is 22.7 Å². The van der Waals surface area contributed by atoms with Crippen LogP contribution in [0.1, 0.15) is 29.3 Å². The van der Waals surface area contributed by atoms with E-state index in [1.54, 1.807) is 14.0 Å². The molecule has 2 rings (SSSR count). The number of amides is 1. The number of aryl methyl sites for hydroxylation is 1. The third-order valence-electron chi connectivity index (χ3n) is 2.93. The van der Waals surface area contributed by atoms with E-state index < -0.39 is 16.1 Å². The van der Waals surface area contributed by atoms with Crippen molar-refractivity contribution in [2.24, 2.45) is 7.05 Å². The molecule has 114 valence electrons. The number of rotatable bonds is 5.